The predicted octanol–water partition coefficient (Wildman–Crippen LogP) is 3.78. The van der Waals surface area contributed by atoms with E-state index in [1.54, 1.807) is 26.0 Å². The van der Waals surface area contributed by atoms with Crippen LogP contribution >= 0.6 is 0 Å². The number of rotatable bonds is 4. The molecule has 4 heteroatoms. The van der Waals surface area contributed by atoms with Gasteiger partial charge in [0.15, 0.2) is 9.84 Å². The maximum Gasteiger partial charge on any atom is 0.184 e. The molecule has 0 fully saturated rings. The molecular weight excluding hydrogens is 296 g/mol. The lowest BCUT2D eigenvalue weighted by atomic mass is 9.96. The molecule has 0 aliphatic rings. The Morgan fingerprint density at radius 1 is 1.05 bits per heavy atom. The van der Waals surface area contributed by atoms with E-state index >= 15 is 0 Å². The van der Waals surface area contributed by atoms with Crippen molar-refractivity contribution in [3.63, 3.8) is 0 Å². The molecule has 1 N–H and O–H groups in total. The number of aromatic hydroxyl groups is 1. The van der Waals surface area contributed by atoms with E-state index in [2.05, 4.69) is 26.0 Å². The van der Waals surface area contributed by atoms with Crippen LogP contribution in [0.25, 0.3) is 0 Å². The first-order valence-corrected chi connectivity index (χ1v) is 8.89. The summed E-state index contributed by atoms with van der Waals surface area (Å²) in [5.41, 5.74) is 4.44. The summed E-state index contributed by atoms with van der Waals surface area (Å²) in [5, 5.41) is 9.35. The maximum absolute atomic E-state index is 12.3. The van der Waals surface area contributed by atoms with Crippen molar-refractivity contribution in [3.05, 3.63) is 58.7 Å². The first-order chi connectivity index (χ1) is 10.2. The van der Waals surface area contributed by atoms with Gasteiger partial charge in [-0.25, -0.2) is 8.42 Å². The molecule has 0 saturated carbocycles. The number of benzene rings is 2. The minimum absolute atomic E-state index is 0.0197. The van der Waals surface area contributed by atoms with Crippen LogP contribution in [0.5, 0.6) is 5.75 Å². The van der Waals surface area contributed by atoms with E-state index in [-0.39, 0.29) is 10.6 Å². The monoisotopic (exact) mass is 318 g/mol. The van der Waals surface area contributed by atoms with Gasteiger partial charge >= 0.3 is 0 Å². The van der Waals surface area contributed by atoms with Crippen LogP contribution in [0.2, 0.25) is 0 Å². The van der Waals surface area contributed by atoms with Gasteiger partial charge in [-0.2, -0.15) is 0 Å². The zero-order valence-corrected chi connectivity index (χ0v) is 14.2. The highest BCUT2D eigenvalue weighted by molar-refractivity contribution is 7.92. The molecule has 118 valence electrons. The summed E-state index contributed by atoms with van der Waals surface area (Å²) in [6.07, 6.45) is 0.652. The lowest BCUT2D eigenvalue weighted by Crippen LogP contribution is -2.14. The average Bonchev–Trinajstić information content (AvgIpc) is 2.44. The number of sulfone groups is 1. The van der Waals surface area contributed by atoms with Gasteiger partial charge in [0.1, 0.15) is 10.6 Å². The van der Waals surface area contributed by atoms with Gasteiger partial charge in [-0.3, -0.25) is 0 Å². The predicted molar refractivity (Wildman–Crippen MR) is 89.2 cm³/mol. The van der Waals surface area contributed by atoms with Crippen molar-refractivity contribution in [2.45, 2.75) is 44.3 Å². The zero-order valence-electron chi connectivity index (χ0n) is 13.4. The van der Waals surface area contributed by atoms with E-state index in [9.17, 15) is 13.5 Å². The topological polar surface area (TPSA) is 54.4 Å². The van der Waals surface area contributed by atoms with Gasteiger partial charge in [-0.1, -0.05) is 24.3 Å². The van der Waals surface area contributed by atoms with E-state index in [0.29, 0.717) is 6.42 Å². The summed E-state index contributed by atoms with van der Waals surface area (Å²) in [7, 11) is -3.49. The summed E-state index contributed by atoms with van der Waals surface area (Å²) < 4.78 is 24.7. The lowest BCUT2D eigenvalue weighted by Gasteiger charge is -2.13. The number of hydrogen-bond donors (Lipinski definition) is 1. The van der Waals surface area contributed by atoms with E-state index in [1.807, 2.05) is 6.07 Å². The Balaban J connectivity index is 2.47. The Hall–Kier alpha value is -1.81. The highest BCUT2D eigenvalue weighted by atomic mass is 32.2. The van der Waals surface area contributed by atoms with Gasteiger partial charge in [-0.15, -0.1) is 0 Å². The summed E-state index contributed by atoms with van der Waals surface area (Å²) in [6.45, 7) is 7.34. The van der Waals surface area contributed by atoms with Crippen LogP contribution in [-0.2, 0) is 16.3 Å². The smallest absolute Gasteiger partial charge is 0.184 e. The summed E-state index contributed by atoms with van der Waals surface area (Å²) >= 11 is 0. The first kappa shape index (κ1) is 16.6. The fourth-order valence-corrected chi connectivity index (χ4v) is 3.67. The molecule has 0 saturated heterocycles. The lowest BCUT2D eigenvalue weighted by molar-refractivity contribution is 0.458. The van der Waals surface area contributed by atoms with Gasteiger partial charge in [0.05, 0.1) is 5.25 Å². The van der Waals surface area contributed by atoms with Crippen molar-refractivity contribution in [3.8, 4) is 5.75 Å². The minimum atomic E-state index is -3.49. The van der Waals surface area contributed by atoms with E-state index in [4.69, 9.17) is 0 Å². The molecule has 0 unspecified atom stereocenters. The van der Waals surface area contributed by atoms with Crippen molar-refractivity contribution in [2.75, 3.05) is 0 Å². The van der Waals surface area contributed by atoms with Gasteiger partial charge in [0.2, 0.25) is 0 Å². The molecule has 0 aromatic heterocycles. The van der Waals surface area contributed by atoms with Crippen molar-refractivity contribution in [1.29, 1.82) is 0 Å². The quantitative estimate of drug-likeness (QED) is 0.933. The van der Waals surface area contributed by atoms with Crippen LogP contribution in [0.15, 0.2) is 41.3 Å². The van der Waals surface area contributed by atoms with Crippen LogP contribution in [0.3, 0.4) is 0 Å². The standard InChI is InChI=1S/C18H22O3S/c1-12(2)22(20,21)18-11-15(8-9-17(18)19)10-16-13(3)6-5-7-14(16)4/h5-9,11-12,19H,10H2,1-4H3. The van der Waals surface area contributed by atoms with Gasteiger partial charge in [-0.05, 0) is 68.5 Å². The molecule has 2 aromatic carbocycles. The number of hydrogen-bond acceptors (Lipinski definition) is 3. The fraction of sp³-hybridized carbons (Fsp3) is 0.333. The van der Waals surface area contributed by atoms with Gasteiger partial charge in [0.25, 0.3) is 0 Å². The molecule has 0 heterocycles. The zero-order chi connectivity index (χ0) is 16.5. The molecule has 3 nitrogen and oxygen atoms in total. The van der Waals surface area contributed by atoms with Crippen LogP contribution in [0.1, 0.15) is 36.1 Å². The molecule has 22 heavy (non-hydrogen) atoms. The Labute approximate surface area is 132 Å². The van der Waals surface area contributed by atoms with E-state index in [0.717, 1.165) is 5.56 Å². The Kier molecular flexibility index (Phi) is 4.61. The normalized spacial score (nSPS) is 11.9. The van der Waals surface area contributed by atoms with Crippen molar-refractivity contribution in [2.24, 2.45) is 0 Å². The molecule has 0 aliphatic heterocycles. The maximum atomic E-state index is 12.3. The van der Waals surface area contributed by atoms with Crippen LogP contribution in [0, 0.1) is 13.8 Å². The molecule has 0 amide bonds. The summed E-state index contributed by atoms with van der Waals surface area (Å²) in [4.78, 5) is 0.0197. The SMILES string of the molecule is Cc1cccc(C)c1Cc1ccc(O)c(S(=O)(=O)C(C)C)c1. The van der Waals surface area contributed by atoms with Crippen LogP contribution in [0.4, 0.5) is 0 Å². The molecular formula is C18H22O3S. The third kappa shape index (κ3) is 3.17. The second-order valence-corrected chi connectivity index (χ2v) is 8.42. The Morgan fingerprint density at radius 2 is 1.64 bits per heavy atom. The number of phenolic OH excluding ortho intramolecular Hbond substituents is 1. The molecule has 0 atom stereocenters. The molecule has 0 aliphatic carbocycles. The highest BCUT2D eigenvalue weighted by Crippen LogP contribution is 2.28. The van der Waals surface area contributed by atoms with Crippen molar-refractivity contribution >= 4 is 9.84 Å². The molecule has 2 rings (SSSR count). The number of phenols is 1. The third-order valence-electron chi connectivity index (χ3n) is 3.98. The van der Waals surface area contributed by atoms with Crippen molar-refractivity contribution in [1.82, 2.24) is 0 Å². The Bertz CT molecular complexity index is 770. The molecule has 0 spiro atoms. The Morgan fingerprint density at radius 3 is 2.18 bits per heavy atom. The third-order valence-corrected chi connectivity index (χ3v) is 6.16. The fourth-order valence-electron chi connectivity index (χ4n) is 2.48. The molecule has 2 aromatic rings. The summed E-state index contributed by atoms with van der Waals surface area (Å²) in [6, 6.07) is 11.0. The van der Waals surface area contributed by atoms with E-state index in [1.165, 1.54) is 22.8 Å². The van der Waals surface area contributed by atoms with Crippen molar-refractivity contribution < 1.29 is 13.5 Å². The molecule has 0 radical (unpaired) electrons. The highest BCUT2D eigenvalue weighted by Gasteiger charge is 2.23. The van der Waals surface area contributed by atoms with E-state index < -0.39 is 15.1 Å². The average molecular weight is 318 g/mol. The second-order valence-electron chi connectivity index (χ2n) is 5.94. The first-order valence-electron chi connectivity index (χ1n) is 7.34. The molecule has 0 bridgehead atoms. The van der Waals surface area contributed by atoms with Crippen LogP contribution < -0.4 is 0 Å². The van der Waals surface area contributed by atoms with Crippen LogP contribution in [-0.4, -0.2) is 18.8 Å². The van der Waals surface area contributed by atoms with Gasteiger partial charge in [0, 0.05) is 0 Å². The largest absolute Gasteiger partial charge is 0.507 e. The second kappa shape index (κ2) is 6.13. The summed E-state index contributed by atoms with van der Waals surface area (Å²) in [5.74, 6) is -0.182. The number of aryl methyl sites for hydroxylation is 2. The minimum Gasteiger partial charge on any atom is -0.507 e. The van der Waals surface area contributed by atoms with Gasteiger partial charge < -0.3 is 5.11 Å².